The van der Waals surface area contributed by atoms with Crippen LogP contribution in [0.4, 0.5) is 0 Å². The van der Waals surface area contributed by atoms with Crippen molar-refractivity contribution >= 4 is 5.91 Å². The molecular weight excluding hydrogens is 252 g/mol. The molecule has 0 radical (unpaired) electrons. The van der Waals surface area contributed by atoms with Crippen LogP contribution in [-0.4, -0.2) is 41.6 Å². The third-order valence-corrected chi connectivity index (χ3v) is 3.92. The highest BCUT2D eigenvalue weighted by Crippen LogP contribution is 2.23. The summed E-state index contributed by atoms with van der Waals surface area (Å²) in [5, 5.41) is 13.6. The van der Waals surface area contributed by atoms with Gasteiger partial charge in [0, 0.05) is 32.6 Å². The van der Waals surface area contributed by atoms with Crippen LogP contribution in [0.25, 0.3) is 0 Å². The second kappa shape index (κ2) is 6.37. The van der Waals surface area contributed by atoms with Gasteiger partial charge in [0.1, 0.15) is 0 Å². The van der Waals surface area contributed by atoms with Crippen LogP contribution in [0.2, 0.25) is 0 Å². The smallest absolute Gasteiger partial charge is 0.217 e. The monoisotopic (exact) mass is 276 g/mol. The topological polar surface area (TPSA) is 52.6 Å². The quantitative estimate of drug-likeness (QED) is 0.876. The lowest BCUT2D eigenvalue weighted by molar-refractivity contribution is -0.120. The average Bonchev–Trinajstić information content (AvgIpc) is 2.41. The van der Waals surface area contributed by atoms with Crippen molar-refractivity contribution in [3.63, 3.8) is 0 Å². The summed E-state index contributed by atoms with van der Waals surface area (Å²) in [6.07, 6.45) is 1.90. The highest BCUT2D eigenvalue weighted by Gasteiger charge is 2.28. The molecule has 1 aromatic rings. The first-order chi connectivity index (χ1) is 9.47. The maximum atomic E-state index is 11.0. The summed E-state index contributed by atoms with van der Waals surface area (Å²) in [6.45, 7) is 5.88. The van der Waals surface area contributed by atoms with Gasteiger partial charge in [-0.15, -0.1) is 0 Å². The number of nitrogens with one attached hydrogen (secondary N) is 1. The number of hydrogen-bond donors (Lipinski definition) is 2. The number of β-amino-alcohol motifs (C(OH)–C–C–N with tert-alkyl or cyclic N) is 1. The van der Waals surface area contributed by atoms with Gasteiger partial charge in [0.05, 0.1) is 5.60 Å². The highest BCUT2D eigenvalue weighted by molar-refractivity contribution is 5.73. The van der Waals surface area contributed by atoms with Crippen molar-refractivity contribution in [3.8, 4) is 0 Å². The van der Waals surface area contributed by atoms with Gasteiger partial charge in [-0.05, 0) is 25.3 Å². The molecule has 20 heavy (non-hydrogen) atoms. The van der Waals surface area contributed by atoms with Gasteiger partial charge in [-0.2, -0.15) is 0 Å². The molecule has 1 amide bonds. The zero-order valence-electron chi connectivity index (χ0n) is 12.3. The molecule has 1 unspecified atom stereocenters. The summed E-state index contributed by atoms with van der Waals surface area (Å²) < 4.78 is 0. The van der Waals surface area contributed by atoms with Gasteiger partial charge in [-0.3, -0.25) is 9.69 Å². The van der Waals surface area contributed by atoms with Crippen LogP contribution in [-0.2, 0) is 10.4 Å². The van der Waals surface area contributed by atoms with Crippen molar-refractivity contribution in [2.24, 2.45) is 0 Å². The predicted molar refractivity (Wildman–Crippen MR) is 79.3 cm³/mol. The number of nitrogens with zero attached hydrogens (tertiary/aromatic N) is 1. The lowest BCUT2D eigenvalue weighted by Gasteiger charge is -2.37. The van der Waals surface area contributed by atoms with E-state index in [1.54, 1.807) is 6.92 Å². The number of piperidine rings is 1. The third-order valence-electron chi connectivity index (χ3n) is 3.92. The van der Waals surface area contributed by atoms with Crippen molar-refractivity contribution in [3.05, 3.63) is 35.9 Å². The van der Waals surface area contributed by atoms with Crippen LogP contribution in [0.1, 0.15) is 32.3 Å². The Morgan fingerprint density at radius 2 is 1.95 bits per heavy atom. The third kappa shape index (κ3) is 4.05. The van der Waals surface area contributed by atoms with Crippen LogP contribution in [0.5, 0.6) is 0 Å². The standard InChI is InChI=1S/C16H24N2O2/c1-13(19)17-15-8-10-18(11-9-15)12-16(2,20)14-6-4-3-5-7-14/h3-7,15,20H,8-12H2,1-2H3,(H,17,19). The summed E-state index contributed by atoms with van der Waals surface area (Å²) in [7, 11) is 0. The molecule has 2 rings (SSSR count). The second-order valence-electron chi connectivity index (χ2n) is 5.89. The Morgan fingerprint density at radius 1 is 1.35 bits per heavy atom. The van der Waals surface area contributed by atoms with E-state index in [-0.39, 0.29) is 11.9 Å². The van der Waals surface area contributed by atoms with Crippen molar-refractivity contribution in [2.45, 2.75) is 38.3 Å². The van der Waals surface area contributed by atoms with Crippen molar-refractivity contribution < 1.29 is 9.90 Å². The van der Waals surface area contributed by atoms with E-state index >= 15 is 0 Å². The van der Waals surface area contributed by atoms with Gasteiger partial charge in [0.25, 0.3) is 0 Å². The maximum absolute atomic E-state index is 11.0. The van der Waals surface area contributed by atoms with Crippen LogP contribution in [0, 0.1) is 0 Å². The number of aliphatic hydroxyl groups is 1. The lowest BCUT2D eigenvalue weighted by atomic mass is 9.94. The molecule has 0 aromatic heterocycles. The van der Waals surface area contributed by atoms with Gasteiger partial charge >= 0.3 is 0 Å². The fourth-order valence-electron chi connectivity index (χ4n) is 2.85. The number of hydrogen-bond acceptors (Lipinski definition) is 3. The largest absolute Gasteiger partial charge is 0.384 e. The fraction of sp³-hybridized carbons (Fsp3) is 0.562. The minimum absolute atomic E-state index is 0.0414. The van der Waals surface area contributed by atoms with Crippen molar-refractivity contribution in [2.75, 3.05) is 19.6 Å². The summed E-state index contributed by atoms with van der Waals surface area (Å²) in [5.74, 6) is 0.0414. The molecule has 0 spiro atoms. The van der Waals surface area contributed by atoms with Gasteiger partial charge in [-0.25, -0.2) is 0 Å². The molecule has 0 aliphatic carbocycles. The molecule has 0 bridgehead atoms. The van der Waals surface area contributed by atoms with E-state index in [1.165, 1.54) is 0 Å². The van der Waals surface area contributed by atoms with Gasteiger partial charge < -0.3 is 10.4 Å². The number of amides is 1. The maximum Gasteiger partial charge on any atom is 0.217 e. The minimum atomic E-state index is -0.831. The Labute approximate surface area is 120 Å². The molecule has 1 heterocycles. The lowest BCUT2D eigenvalue weighted by Crippen LogP contribution is -2.47. The Balaban J connectivity index is 1.87. The zero-order valence-corrected chi connectivity index (χ0v) is 12.3. The van der Waals surface area contributed by atoms with E-state index in [0.717, 1.165) is 31.5 Å². The molecule has 1 aromatic carbocycles. The summed E-state index contributed by atoms with van der Waals surface area (Å²) >= 11 is 0. The molecule has 1 fully saturated rings. The van der Waals surface area contributed by atoms with Gasteiger partial charge in [-0.1, -0.05) is 30.3 Å². The van der Waals surface area contributed by atoms with Crippen LogP contribution in [0.15, 0.2) is 30.3 Å². The Morgan fingerprint density at radius 3 is 2.50 bits per heavy atom. The zero-order chi connectivity index (χ0) is 14.6. The number of rotatable bonds is 4. The molecule has 1 atom stereocenters. The minimum Gasteiger partial charge on any atom is -0.384 e. The number of benzene rings is 1. The first kappa shape index (κ1) is 15.0. The molecule has 110 valence electrons. The molecule has 0 saturated carbocycles. The van der Waals surface area contributed by atoms with E-state index in [1.807, 2.05) is 37.3 Å². The van der Waals surface area contributed by atoms with Crippen LogP contribution >= 0.6 is 0 Å². The first-order valence-corrected chi connectivity index (χ1v) is 7.25. The molecule has 1 saturated heterocycles. The molecule has 2 N–H and O–H groups in total. The van der Waals surface area contributed by atoms with E-state index in [2.05, 4.69) is 10.2 Å². The number of carbonyl (C=O) groups is 1. The predicted octanol–water partition coefficient (Wildman–Crippen LogP) is 1.49. The molecule has 1 aliphatic heterocycles. The van der Waals surface area contributed by atoms with E-state index in [9.17, 15) is 9.90 Å². The van der Waals surface area contributed by atoms with E-state index < -0.39 is 5.60 Å². The van der Waals surface area contributed by atoms with E-state index in [0.29, 0.717) is 6.54 Å². The molecule has 1 aliphatic rings. The Hall–Kier alpha value is -1.39. The fourth-order valence-corrected chi connectivity index (χ4v) is 2.85. The Bertz CT molecular complexity index is 437. The summed E-state index contributed by atoms with van der Waals surface area (Å²) in [4.78, 5) is 13.3. The van der Waals surface area contributed by atoms with Gasteiger partial charge in [0.2, 0.25) is 5.91 Å². The van der Waals surface area contributed by atoms with E-state index in [4.69, 9.17) is 0 Å². The molecular formula is C16H24N2O2. The highest BCUT2D eigenvalue weighted by atomic mass is 16.3. The van der Waals surface area contributed by atoms with Crippen molar-refractivity contribution in [1.29, 1.82) is 0 Å². The Kier molecular flexibility index (Phi) is 4.78. The molecule has 4 heteroatoms. The van der Waals surface area contributed by atoms with Crippen molar-refractivity contribution in [1.82, 2.24) is 10.2 Å². The average molecular weight is 276 g/mol. The summed E-state index contributed by atoms with van der Waals surface area (Å²) in [6, 6.07) is 10.1. The van der Waals surface area contributed by atoms with Crippen LogP contribution in [0.3, 0.4) is 0 Å². The second-order valence-corrected chi connectivity index (χ2v) is 5.89. The van der Waals surface area contributed by atoms with Crippen LogP contribution < -0.4 is 5.32 Å². The molecule has 4 nitrogen and oxygen atoms in total. The van der Waals surface area contributed by atoms with Gasteiger partial charge in [0.15, 0.2) is 0 Å². The summed E-state index contributed by atoms with van der Waals surface area (Å²) in [5.41, 5.74) is 0.117. The SMILES string of the molecule is CC(=O)NC1CCN(CC(C)(O)c2ccccc2)CC1. The number of carbonyl (C=O) groups excluding carboxylic acids is 1. The number of likely N-dealkylation sites (tertiary alicyclic amines) is 1. The normalized spacial score (nSPS) is 20.4. The first-order valence-electron chi connectivity index (χ1n) is 7.25.